The molecule has 2 heterocycles. The number of hydrogen-bond acceptors (Lipinski definition) is 4. The van der Waals surface area contributed by atoms with Gasteiger partial charge >= 0.3 is 0 Å². The van der Waals surface area contributed by atoms with Crippen LogP contribution in [0.25, 0.3) is 10.6 Å². The fraction of sp³-hybridized carbons (Fsp3) is 0.467. The first kappa shape index (κ1) is 15.3. The van der Waals surface area contributed by atoms with Gasteiger partial charge in [-0.3, -0.25) is 0 Å². The number of rotatable bonds is 3. The Morgan fingerprint density at radius 2 is 2.00 bits per heavy atom. The Hall–Kier alpha value is -1.13. The first-order valence-electron chi connectivity index (χ1n) is 6.71. The lowest BCUT2D eigenvalue weighted by Crippen LogP contribution is -2.18. The molecule has 0 fully saturated rings. The van der Waals surface area contributed by atoms with Gasteiger partial charge in [-0.25, -0.2) is 9.97 Å². The van der Waals surface area contributed by atoms with E-state index in [1.54, 1.807) is 11.3 Å². The lowest BCUT2D eigenvalue weighted by Gasteiger charge is -2.20. The van der Waals surface area contributed by atoms with E-state index in [-0.39, 0.29) is 5.41 Å². The van der Waals surface area contributed by atoms with Crippen LogP contribution in [0.1, 0.15) is 39.1 Å². The summed E-state index contributed by atoms with van der Waals surface area (Å²) >= 11 is 7.88. The number of nitrogens with one attached hydrogen (secondary N) is 1. The van der Waals surface area contributed by atoms with Crippen LogP contribution in [0.15, 0.2) is 11.4 Å². The van der Waals surface area contributed by atoms with Gasteiger partial charge in [-0.2, -0.15) is 0 Å². The van der Waals surface area contributed by atoms with Crippen molar-refractivity contribution in [2.24, 2.45) is 0 Å². The largest absolute Gasteiger partial charge is 0.370 e. The van der Waals surface area contributed by atoms with E-state index in [0.717, 1.165) is 39.3 Å². The number of thiophene rings is 1. The number of hydrogen-bond donors (Lipinski definition) is 1. The molecule has 2 aromatic rings. The standard InChI is InChI=1S/C15H20ClN3S/c1-6-17-13-9(2)11(12-10(16)7-8-20-12)18-14(19-13)15(3,4)5/h7-8H,6H2,1-5H3,(H,17,18,19). The second-order valence-corrected chi connectivity index (χ2v) is 7.07. The minimum absolute atomic E-state index is 0.101. The van der Waals surface area contributed by atoms with Crippen LogP contribution >= 0.6 is 22.9 Å². The van der Waals surface area contributed by atoms with E-state index in [9.17, 15) is 0 Å². The first-order chi connectivity index (χ1) is 9.34. The SMILES string of the molecule is CCNc1nc(C(C)(C)C)nc(-c2sccc2Cl)c1C. The maximum absolute atomic E-state index is 6.27. The molecule has 0 aliphatic heterocycles. The van der Waals surface area contributed by atoms with Gasteiger partial charge in [-0.05, 0) is 25.3 Å². The van der Waals surface area contributed by atoms with Crippen LogP contribution < -0.4 is 5.32 Å². The van der Waals surface area contributed by atoms with Gasteiger partial charge in [0, 0.05) is 17.5 Å². The zero-order valence-corrected chi connectivity index (χ0v) is 14.1. The van der Waals surface area contributed by atoms with Crippen LogP contribution in [0.3, 0.4) is 0 Å². The zero-order valence-electron chi connectivity index (χ0n) is 12.5. The smallest absolute Gasteiger partial charge is 0.136 e. The molecular weight excluding hydrogens is 290 g/mol. The highest BCUT2D eigenvalue weighted by atomic mass is 35.5. The Bertz CT molecular complexity index is 614. The predicted octanol–water partition coefficient (Wildman–Crippen LogP) is 4.90. The molecule has 1 N–H and O–H groups in total. The van der Waals surface area contributed by atoms with Gasteiger partial charge in [-0.15, -0.1) is 11.3 Å². The Morgan fingerprint density at radius 1 is 1.30 bits per heavy atom. The third kappa shape index (κ3) is 2.96. The molecule has 0 unspecified atom stereocenters. The van der Waals surface area contributed by atoms with Gasteiger partial charge in [0.25, 0.3) is 0 Å². The third-order valence-corrected chi connectivity index (χ3v) is 4.34. The summed E-state index contributed by atoms with van der Waals surface area (Å²) in [5, 5.41) is 6.06. The van der Waals surface area contributed by atoms with Gasteiger partial charge in [-0.1, -0.05) is 32.4 Å². The summed E-state index contributed by atoms with van der Waals surface area (Å²) in [6.45, 7) is 11.3. The number of halogens is 1. The molecule has 0 aliphatic carbocycles. The second-order valence-electron chi connectivity index (χ2n) is 5.75. The minimum Gasteiger partial charge on any atom is -0.370 e. The van der Waals surface area contributed by atoms with Crippen molar-refractivity contribution in [3.63, 3.8) is 0 Å². The Labute approximate surface area is 129 Å². The topological polar surface area (TPSA) is 37.8 Å². The molecule has 0 atom stereocenters. The van der Waals surface area contributed by atoms with Crippen molar-refractivity contribution in [1.82, 2.24) is 9.97 Å². The van der Waals surface area contributed by atoms with E-state index >= 15 is 0 Å². The fourth-order valence-electron chi connectivity index (χ4n) is 1.88. The first-order valence-corrected chi connectivity index (χ1v) is 7.96. The quantitative estimate of drug-likeness (QED) is 0.876. The molecular formula is C15H20ClN3S. The zero-order chi connectivity index (χ0) is 14.9. The summed E-state index contributed by atoms with van der Waals surface area (Å²) in [5.41, 5.74) is 1.88. The molecule has 5 heteroatoms. The molecule has 0 aliphatic rings. The highest BCUT2D eigenvalue weighted by molar-refractivity contribution is 7.14. The maximum atomic E-state index is 6.27. The average Bonchev–Trinajstić information content (AvgIpc) is 2.77. The van der Waals surface area contributed by atoms with Crippen molar-refractivity contribution in [3.8, 4) is 10.6 Å². The number of anilines is 1. The normalized spacial score (nSPS) is 11.7. The van der Waals surface area contributed by atoms with E-state index in [2.05, 4.69) is 38.0 Å². The van der Waals surface area contributed by atoms with E-state index < -0.39 is 0 Å². The van der Waals surface area contributed by atoms with Crippen molar-refractivity contribution < 1.29 is 0 Å². The molecule has 0 radical (unpaired) electrons. The molecule has 3 nitrogen and oxygen atoms in total. The Morgan fingerprint density at radius 3 is 2.50 bits per heavy atom. The molecule has 0 saturated heterocycles. The van der Waals surface area contributed by atoms with E-state index in [1.807, 2.05) is 18.4 Å². The molecule has 20 heavy (non-hydrogen) atoms. The van der Waals surface area contributed by atoms with Crippen molar-refractivity contribution in [2.45, 2.75) is 40.0 Å². The highest BCUT2D eigenvalue weighted by Crippen LogP contribution is 2.36. The molecule has 0 bridgehead atoms. The van der Waals surface area contributed by atoms with Gasteiger partial charge in [0.05, 0.1) is 15.6 Å². The lowest BCUT2D eigenvalue weighted by atomic mass is 9.95. The van der Waals surface area contributed by atoms with Crippen LogP contribution in [-0.2, 0) is 5.41 Å². The van der Waals surface area contributed by atoms with Crippen LogP contribution in [0, 0.1) is 6.92 Å². The highest BCUT2D eigenvalue weighted by Gasteiger charge is 2.22. The van der Waals surface area contributed by atoms with Crippen molar-refractivity contribution in [3.05, 3.63) is 27.9 Å². The van der Waals surface area contributed by atoms with Gasteiger partial charge in [0.1, 0.15) is 11.6 Å². The van der Waals surface area contributed by atoms with Crippen molar-refractivity contribution in [2.75, 3.05) is 11.9 Å². The van der Waals surface area contributed by atoms with Crippen molar-refractivity contribution >= 4 is 28.8 Å². The van der Waals surface area contributed by atoms with Crippen LogP contribution in [0.2, 0.25) is 5.02 Å². The molecule has 2 rings (SSSR count). The average molecular weight is 310 g/mol. The molecule has 0 aromatic carbocycles. The summed E-state index contributed by atoms with van der Waals surface area (Å²) in [6, 6.07) is 1.91. The van der Waals surface area contributed by atoms with Gasteiger partial charge < -0.3 is 5.32 Å². The van der Waals surface area contributed by atoms with Crippen LogP contribution in [0.4, 0.5) is 5.82 Å². The van der Waals surface area contributed by atoms with Gasteiger partial charge in [0.15, 0.2) is 0 Å². The summed E-state index contributed by atoms with van der Waals surface area (Å²) < 4.78 is 0. The minimum atomic E-state index is -0.101. The van der Waals surface area contributed by atoms with E-state index in [4.69, 9.17) is 16.6 Å². The summed E-state index contributed by atoms with van der Waals surface area (Å²) in [6.07, 6.45) is 0. The number of nitrogens with zero attached hydrogens (tertiary/aromatic N) is 2. The summed E-state index contributed by atoms with van der Waals surface area (Å²) in [7, 11) is 0. The van der Waals surface area contributed by atoms with Crippen LogP contribution in [0.5, 0.6) is 0 Å². The molecule has 108 valence electrons. The Balaban J connectivity index is 2.67. The molecule has 0 amide bonds. The molecule has 0 saturated carbocycles. The van der Waals surface area contributed by atoms with E-state index in [0.29, 0.717) is 0 Å². The predicted molar refractivity (Wildman–Crippen MR) is 88.0 cm³/mol. The monoisotopic (exact) mass is 309 g/mol. The summed E-state index contributed by atoms with van der Waals surface area (Å²) in [5.74, 6) is 1.73. The molecule has 2 aromatic heterocycles. The maximum Gasteiger partial charge on any atom is 0.136 e. The van der Waals surface area contributed by atoms with Crippen LogP contribution in [-0.4, -0.2) is 16.5 Å². The number of aromatic nitrogens is 2. The molecule has 0 spiro atoms. The lowest BCUT2D eigenvalue weighted by molar-refractivity contribution is 0.546. The second kappa shape index (κ2) is 5.70. The summed E-state index contributed by atoms with van der Waals surface area (Å²) in [4.78, 5) is 10.4. The third-order valence-electron chi connectivity index (χ3n) is 2.99. The van der Waals surface area contributed by atoms with Crippen molar-refractivity contribution in [1.29, 1.82) is 0 Å². The van der Waals surface area contributed by atoms with Gasteiger partial charge in [0.2, 0.25) is 0 Å². The Kier molecular flexibility index (Phi) is 4.35. The fourth-order valence-corrected chi connectivity index (χ4v) is 3.07. The van der Waals surface area contributed by atoms with E-state index in [1.165, 1.54) is 0 Å².